The topological polar surface area (TPSA) is 218 Å². The largest absolute Gasteiger partial charge is 0.573 e. The van der Waals surface area contributed by atoms with Gasteiger partial charge >= 0.3 is 31.0 Å². The summed E-state index contributed by atoms with van der Waals surface area (Å²) in [6.45, 7) is 0. The van der Waals surface area contributed by atoms with Crippen LogP contribution in [0.15, 0.2) is 97.3 Å². The van der Waals surface area contributed by atoms with E-state index in [0.29, 0.717) is 18.2 Å². The number of nitrogens with two attached hydrogens (primary N) is 1. The summed E-state index contributed by atoms with van der Waals surface area (Å²) < 4.78 is 209. The molecule has 4 N–H and O–H groups in total. The number of hydrogen-bond acceptors (Lipinski definition) is 14. The number of pyridine rings is 2. The molecule has 2 aromatic heterocycles. The van der Waals surface area contributed by atoms with E-state index in [4.69, 9.17) is 29.4 Å². The summed E-state index contributed by atoms with van der Waals surface area (Å²) >= 11 is 0. The molecular weight excluding hydrogens is 1060 g/mol. The van der Waals surface area contributed by atoms with E-state index in [1.807, 2.05) is 0 Å². The fourth-order valence-electron chi connectivity index (χ4n) is 6.15. The van der Waals surface area contributed by atoms with Gasteiger partial charge in [-0.2, -0.15) is 26.3 Å². The molecule has 3 amide bonds. The van der Waals surface area contributed by atoms with Gasteiger partial charge in [0.2, 0.25) is 5.91 Å². The van der Waals surface area contributed by atoms with Crippen molar-refractivity contribution in [3.63, 3.8) is 0 Å². The van der Waals surface area contributed by atoms with Crippen LogP contribution >= 0.6 is 0 Å². The maximum atomic E-state index is 15.0. The minimum Gasteiger partial charge on any atom is -0.495 e. The Morgan fingerprint density at radius 3 is 1.30 bits per heavy atom. The van der Waals surface area contributed by atoms with Gasteiger partial charge in [0.05, 0.1) is 50.7 Å². The van der Waals surface area contributed by atoms with Gasteiger partial charge in [0.1, 0.15) is 51.5 Å². The SMILES string of the molecule is COC(=O)c1ccc(NC(=O)c2c(Oc3ccc(OC(F)(F)F)cc3OC)ccc(C(F)(F)F)c2F)nc1.COc1cc(OC(F)(F)F)ccc1Oc1ccc(C(F)(F)F)c(OC)c1C(=O)Nc1ccc(C(N)=O)cn1. The number of ether oxygens (including phenoxy) is 8. The zero-order chi connectivity index (χ0) is 56.5. The van der Waals surface area contributed by atoms with E-state index in [1.54, 1.807) is 0 Å². The summed E-state index contributed by atoms with van der Waals surface area (Å²) in [6, 6.07) is 12.2. The quantitative estimate of drug-likeness (QED) is 0.0644. The molecule has 0 radical (unpaired) electrons. The number of halogens is 13. The van der Waals surface area contributed by atoms with Crippen molar-refractivity contribution in [3.05, 3.63) is 137 Å². The molecular formula is C46H32F13N5O12. The monoisotopic (exact) mass is 1090 g/mol. The number of benzene rings is 4. The molecule has 4 aromatic carbocycles. The molecule has 2 heterocycles. The van der Waals surface area contributed by atoms with Crippen LogP contribution in [0.3, 0.4) is 0 Å². The van der Waals surface area contributed by atoms with E-state index >= 15 is 4.39 Å². The minimum atomic E-state index is -5.19. The summed E-state index contributed by atoms with van der Waals surface area (Å²) in [5.74, 6) is -11.3. The first-order valence-electron chi connectivity index (χ1n) is 20.3. The molecule has 404 valence electrons. The predicted octanol–water partition coefficient (Wildman–Crippen LogP) is 11.1. The zero-order valence-electron chi connectivity index (χ0n) is 38.5. The Labute approximate surface area is 417 Å². The number of esters is 1. The summed E-state index contributed by atoms with van der Waals surface area (Å²) in [4.78, 5) is 56.3. The van der Waals surface area contributed by atoms with E-state index in [0.717, 1.165) is 89.4 Å². The first-order chi connectivity index (χ1) is 35.5. The number of amides is 3. The second-order valence-electron chi connectivity index (χ2n) is 14.4. The van der Waals surface area contributed by atoms with Crippen molar-refractivity contribution >= 4 is 35.3 Å². The number of carbonyl (C=O) groups excluding carboxylic acids is 4. The summed E-state index contributed by atoms with van der Waals surface area (Å²) in [6.07, 6.45) is -18.1. The molecule has 6 aromatic rings. The second kappa shape index (κ2) is 23.3. The molecule has 30 heteroatoms. The number of hydrogen-bond donors (Lipinski definition) is 3. The summed E-state index contributed by atoms with van der Waals surface area (Å²) in [5.41, 5.74) is 0.110. The number of anilines is 2. The molecule has 6 rings (SSSR count). The number of aromatic nitrogens is 2. The normalized spacial score (nSPS) is 11.5. The maximum absolute atomic E-state index is 15.0. The average Bonchev–Trinajstić information content (AvgIpc) is 3.33. The van der Waals surface area contributed by atoms with Crippen molar-refractivity contribution in [2.24, 2.45) is 5.73 Å². The van der Waals surface area contributed by atoms with Gasteiger partial charge in [0.15, 0.2) is 28.8 Å². The van der Waals surface area contributed by atoms with Crippen molar-refractivity contribution in [2.75, 3.05) is 39.1 Å². The summed E-state index contributed by atoms with van der Waals surface area (Å²) in [5, 5.41) is 4.35. The van der Waals surface area contributed by atoms with Crippen molar-refractivity contribution in [2.45, 2.75) is 25.1 Å². The number of rotatable bonds is 15. The van der Waals surface area contributed by atoms with E-state index in [1.165, 1.54) is 18.2 Å². The number of methoxy groups -OCH3 is 4. The summed E-state index contributed by atoms with van der Waals surface area (Å²) in [7, 11) is 4.16. The molecule has 0 saturated carbocycles. The Bertz CT molecular complexity index is 3100. The highest BCUT2D eigenvalue weighted by atomic mass is 19.4. The molecule has 0 aliphatic carbocycles. The molecule has 0 spiro atoms. The lowest BCUT2D eigenvalue weighted by Crippen LogP contribution is -2.19. The van der Waals surface area contributed by atoms with E-state index in [9.17, 15) is 71.9 Å². The lowest BCUT2D eigenvalue weighted by atomic mass is 10.1. The number of carbonyl (C=O) groups is 4. The van der Waals surface area contributed by atoms with Crippen molar-refractivity contribution in [1.29, 1.82) is 0 Å². The van der Waals surface area contributed by atoms with E-state index < -0.39 is 106 Å². The number of primary amides is 1. The van der Waals surface area contributed by atoms with Gasteiger partial charge in [-0.15, -0.1) is 26.3 Å². The molecule has 0 unspecified atom stereocenters. The minimum absolute atomic E-state index is 0.00807. The molecule has 17 nitrogen and oxygen atoms in total. The highest BCUT2D eigenvalue weighted by molar-refractivity contribution is 6.08. The molecule has 76 heavy (non-hydrogen) atoms. The van der Waals surface area contributed by atoms with Gasteiger partial charge in [-0.25, -0.2) is 19.2 Å². The number of nitrogens with zero attached hydrogens (tertiary/aromatic N) is 2. The number of alkyl halides is 12. The molecule has 0 saturated heterocycles. The van der Waals surface area contributed by atoms with Gasteiger partial charge in [0.25, 0.3) is 11.8 Å². The van der Waals surface area contributed by atoms with Crippen LogP contribution in [0.5, 0.6) is 51.7 Å². The highest BCUT2D eigenvalue weighted by Gasteiger charge is 2.40. The van der Waals surface area contributed by atoms with E-state index in [2.05, 4.69) is 34.8 Å². The fraction of sp³-hybridized carbons (Fsp3) is 0.174. The Balaban J connectivity index is 0.000000281. The van der Waals surface area contributed by atoms with Crippen molar-refractivity contribution in [1.82, 2.24) is 9.97 Å². The van der Waals surface area contributed by atoms with Gasteiger partial charge in [-0.05, 0) is 72.8 Å². The lowest BCUT2D eigenvalue weighted by molar-refractivity contribution is -0.275. The second-order valence-corrected chi connectivity index (χ2v) is 14.4. The lowest BCUT2D eigenvalue weighted by Gasteiger charge is -2.20. The Morgan fingerprint density at radius 2 is 0.921 bits per heavy atom. The Morgan fingerprint density at radius 1 is 0.500 bits per heavy atom. The number of nitrogens with one attached hydrogen (secondary N) is 2. The van der Waals surface area contributed by atoms with Crippen LogP contribution in [-0.2, 0) is 17.1 Å². The van der Waals surface area contributed by atoms with Crippen LogP contribution in [0.2, 0.25) is 0 Å². The molecule has 0 aliphatic heterocycles. The van der Waals surface area contributed by atoms with Gasteiger partial charge in [-0.3, -0.25) is 14.4 Å². The smallest absolute Gasteiger partial charge is 0.495 e. The van der Waals surface area contributed by atoms with Crippen LogP contribution in [0.25, 0.3) is 0 Å². The van der Waals surface area contributed by atoms with Crippen LogP contribution in [-0.4, -0.2) is 74.8 Å². The van der Waals surface area contributed by atoms with Crippen molar-refractivity contribution in [3.8, 4) is 51.7 Å². The molecule has 0 aliphatic rings. The van der Waals surface area contributed by atoms with Gasteiger partial charge < -0.3 is 54.3 Å². The third kappa shape index (κ3) is 14.9. The van der Waals surface area contributed by atoms with Crippen LogP contribution in [0.1, 0.15) is 52.6 Å². The first-order valence-corrected chi connectivity index (χ1v) is 20.3. The van der Waals surface area contributed by atoms with E-state index in [-0.39, 0.29) is 45.8 Å². The maximum Gasteiger partial charge on any atom is 0.573 e. The van der Waals surface area contributed by atoms with Crippen LogP contribution < -0.4 is 49.5 Å². The first kappa shape index (κ1) is 57.6. The molecule has 0 bridgehead atoms. The van der Waals surface area contributed by atoms with Gasteiger partial charge in [0, 0.05) is 24.5 Å². The standard InChI is InChI=1S/C23H15F7N2O6.C23H17F6N3O6/c1-35-16-9-12(38-23(28,29)30)4-6-14(16)37-15-7-5-13(22(25,26)27)19(24)18(15)20(33)32-17-8-3-11(10-31-17)21(34)36-2;1-35-16-9-12(38-23(27,28)29)4-6-14(16)37-15-7-5-13(22(24,25)26)19(36-2)18(15)21(34)32-17-8-3-11(10-31-17)20(30)33/h3-10H,1-2H3,(H,31,32,33);3-10H,1-2H3,(H2,30,33)(H,31,32,34). The fourth-order valence-corrected chi connectivity index (χ4v) is 6.15. The zero-order valence-corrected chi connectivity index (χ0v) is 38.5. The third-order valence-corrected chi connectivity index (χ3v) is 9.39. The van der Waals surface area contributed by atoms with Crippen LogP contribution in [0.4, 0.5) is 68.7 Å². The van der Waals surface area contributed by atoms with Crippen molar-refractivity contribution < 1.29 is 114 Å². The average molecular weight is 1090 g/mol. The molecule has 0 fully saturated rings. The molecule has 0 atom stereocenters. The van der Waals surface area contributed by atoms with Gasteiger partial charge in [-0.1, -0.05) is 0 Å². The Kier molecular flexibility index (Phi) is 17.7. The third-order valence-electron chi connectivity index (χ3n) is 9.39. The predicted molar refractivity (Wildman–Crippen MR) is 233 cm³/mol. The Hall–Kier alpha value is -9.25. The van der Waals surface area contributed by atoms with Crippen LogP contribution in [0, 0.1) is 5.82 Å². The highest BCUT2D eigenvalue weighted by Crippen LogP contribution is 2.45.